The minimum Gasteiger partial charge on any atom is -0.497 e. The monoisotopic (exact) mass is 658 g/mol. The molecule has 2 aromatic rings. The summed E-state index contributed by atoms with van der Waals surface area (Å²) in [7, 11) is 1.49. The highest BCUT2D eigenvalue weighted by atomic mass is 19.3. The fraction of sp³-hybridized carbons (Fsp3) is 0.676. The van der Waals surface area contributed by atoms with Gasteiger partial charge in [0.1, 0.15) is 24.0 Å². The molecule has 1 aromatic carbocycles. The van der Waals surface area contributed by atoms with Crippen molar-refractivity contribution in [1.82, 2.24) is 20.2 Å². The molecular formula is C34H44F2N4O7. The van der Waals surface area contributed by atoms with Gasteiger partial charge in [0.2, 0.25) is 11.8 Å². The maximum atomic E-state index is 16.1. The maximum Gasteiger partial charge on any atom is 0.408 e. The lowest BCUT2D eigenvalue weighted by Crippen LogP contribution is -2.57. The van der Waals surface area contributed by atoms with E-state index in [1.807, 2.05) is 27.7 Å². The lowest BCUT2D eigenvalue weighted by atomic mass is 9.85. The number of aromatic nitrogens is 2. The molecule has 4 aliphatic rings. The first-order valence-electron chi connectivity index (χ1n) is 16.5. The standard InChI is InChI=1S/C34H44F2N4O7/c1-7-20-26-15-40(27(20)17(2)41)31(42)29(33(3,4)5)39-32(43)47-25-13-18-12-21(18)22(25)16-45-11-10-34(35,36)28-30(46-26)38-24-14-19(44-6)8-9-23(24)37-28/h8-9,14,18,20-22,25-27,29H,7,10-13,15-16H2,1-6H3,(H,39,43)/t18?,20-,21?,22-,25-,26+,27-,29-/m1/s1. The molecule has 3 heterocycles. The molecule has 13 heteroatoms. The molecule has 2 unspecified atom stereocenters. The number of fused-ring (bicyclic) bond motifs is 7. The number of benzene rings is 1. The van der Waals surface area contributed by atoms with Gasteiger partial charge in [0.05, 0.1) is 43.9 Å². The fourth-order valence-corrected chi connectivity index (χ4v) is 7.67. The Morgan fingerprint density at radius 1 is 1.11 bits per heavy atom. The van der Waals surface area contributed by atoms with Crippen molar-refractivity contribution in [1.29, 1.82) is 0 Å². The Kier molecular flexibility index (Phi) is 8.82. The van der Waals surface area contributed by atoms with Gasteiger partial charge in [-0.1, -0.05) is 27.7 Å². The predicted octanol–water partition coefficient (Wildman–Crippen LogP) is 4.89. The number of hydrogen-bond donors (Lipinski definition) is 1. The summed E-state index contributed by atoms with van der Waals surface area (Å²) in [5.41, 5.74) is -0.858. The number of Topliss-reactive ketones (excluding diaryl/α,β-unsaturated/α-hetero) is 1. The van der Waals surface area contributed by atoms with Gasteiger partial charge in [-0.05, 0) is 55.6 Å². The zero-order valence-corrected chi connectivity index (χ0v) is 27.8. The number of alkyl halides is 2. The van der Waals surface area contributed by atoms with Crippen LogP contribution in [-0.2, 0) is 25.0 Å². The number of methoxy groups -OCH3 is 1. The molecule has 47 heavy (non-hydrogen) atoms. The number of nitrogens with one attached hydrogen (secondary N) is 1. The number of carbonyl (C=O) groups excluding carboxylic acids is 3. The molecule has 3 fully saturated rings. The number of ketones is 1. The molecule has 2 bridgehead atoms. The summed E-state index contributed by atoms with van der Waals surface area (Å²) in [6.07, 6.45) is -0.675. The average Bonchev–Trinajstić information content (AvgIpc) is 3.54. The Morgan fingerprint density at radius 3 is 2.55 bits per heavy atom. The van der Waals surface area contributed by atoms with E-state index in [4.69, 9.17) is 18.9 Å². The van der Waals surface area contributed by atoms with E-state index in [0.29, 0.717) is 35.9 Å². The molecule has 0 radical (unpaired) electrons. The molecule has 256 valence electrons. The lowest BCUT2D eigenvalue weighted by Gasteiger charge is -2.36. The largest absolute Gasteiger partial charge is 0.497 e. The van der Waals surface area contributed by atoms with E-state index < -0.39 is 65.7 Å². The van der Waals surface area contributed by atoms with Crippen molar-refractivity contribution in [3.63, 3.8) is 0 Å². The van der Waals surface area contributed by atoms with Crippen LogP contribution in [0.25, 0.3) is 11.0 Å². The Balaban J connectivity index is 1.43. The SMILES string of the molecule is CC[C@@H]1[C@@H]2CN(C(=O)[C@H](C(C)(C)C)NC(=O)O[C@@H]3CC4CC4[C@H]3COCCC(F)(F)c3nc4ccc(OC)cc4nc3O2)[C@@H]1C(C)=O. The highest BCUT2D eigenvalue weighted by molar-refractivity contribution is 5.92. The average molecular weight is 659 g/mol. The minimum atomic E-state index is -3.48. The van der Waals surface area contributed by atoms with Crippen molar-refractivity contribution >= 4 is 28.8 Å². The first-order valence-corrected chi connectivity index (χ1v) is 16.5. The van der Waals surface area contributed by atoms with Gasteiger partial charge < -0.3 is 29.2 Å². The third-order valence-corrected chi connectivity index (χ3v) is 10.3. The predicted molar refractivity (Wildman–Crippen MR) is 166 cm³/mol. The highest BCUT2D eigenvalue weighted by Gasteiger charge is 2.56. The van der Waals surface area contributed by atoms with Crippen LogP contribution >= 0.6 is 0 Å². The van der Waals surface area contributed by atoms with Crippen LogP contribution < -0.4 is 14.8 Å². The van der Waals surface area contributed by atoms with Crippen LogP contribution in [0.2, 0.25) is 0 Å². The number of rotatable bonds is 3. The van der Waals surface area contributed by atoms with Crippen molar-refractivity contribution in [2.45, 2.75) is 90.5 Å². The quantitative estimate of drug-likeness (QED) is 0.490. The second-order valence-corrected chi connectivity index (χ2v) is 14.5. The summed E-state index contributed by atoms with van der Waals surface area (Å²) in [4.78, 5) is 51.0. The minimum absolute atomic E-state index is 0.0785. The molecule has 1 saturated heterocycles. The number of carbonyl (C=O) groups is 3. The summed E-state index contributed by atoms with van der Waals surface area (Å²) < 4.78 is 55.5. The van der Waals surface area contributed by atoms with E-state index in [-0.39, 0.29) is 42.9 Å². The molecule has 1 aromatic heterocycles. The van der Waals surface area contributed by atoms with Crippen molar-refractivity contribution < 1.29 is 42.1 Å². The molecule has 6 rings (SSSR count). The molecular weight excluding hydrogens is 614 g/mol. The smallest absolute Gasteiger partial charge is 0.408 e. The zero-order valence-electron chi connectivity index (χ0n) is 27.8. The zero-order chi connectivity index (χ0) is 33.8. The number of nitrogens with zero attached hydrogens (tertiary/aromatic N) is 3. The van der Waals surface area contributed by atoms with E-state index in [9.17, 15) is 14.4 Å². The van der Waals surface area contributed by atoms with Gasteiger partial charge in [-0.2, -0.15) is 8.78 Å². The summed E-state index contributed by atoms with van der Waals surface area (Å²) in [6.45, 7) is 8.53. The van der Waals surface area contributed by atoms with Crippen LogP contribution in [0.4, 0.5) is 13.6 Å². The molecule has 2 saturated carbocycles. The topological polar surface area (TPSA) is 129 Å². The fourth-order valence-electron chi connectivity index (χ4n) is 7.67. The lowest BCUT2D eigenvalue weighted by molar-refractivity contribution is -0.141. The number of ether oxygens (including phenoxy) is 4. The van der Waals surface area contributed by atoms with E-state index in [1.165, 1.54) is 18.9 Å². The van der Waals surface area contributed by atoms with Gasteiger partial charge in [0, 0.05) is 24.3 Å². The van der Waals surface area contributed by atoms with Crippen LogP contribution in [-0.4, -0.2) is 83.8 Å². The van der Waals surface area contributed by atoms with Gasteiger partial charge in [-0.3, -0.25) is 9.59 Å². The van der Waals surface area contributed by atoms with E-state index in [1.54, 1.807) is 18.2 Å². The van der Waals surface area contributed by atoms with Gasteiger partial charge in [-0.15, -0.1) is 0 Å². The maximum absolute atomic E-state index is 16.1. The summed E-state index contributed by atoms with van der Waals surface area (Å²) in [5, 5.41) is 2.81. The van der Waals surface area contributed by atoms with Crippen LogP contribution in [0.5, 0.6) is 11.6 Å². The van der Waals surface area contributed by atoms with Crippen LogP contribution in [0.1, 0.15) is 66.0 Å². The Hall–Kier alpha value is -3.61. The first-order chi connectivity index (χ1) is 22.2. The number of alkyl carbamates (subject to hydrolysis) is 1. The Labute approximate surface area is 273 Å². The van der Waals surface area contributed by atoms with Crippen LogP contribution in [0.15, 0.2) is 18.2 Å². The second kappa shape index (κ2) is 12.4. The molecule has 2 aliphatic heterocycles. The third kappa shape index (κ3) is 6.47. The van der Waals surface area contributed by atoms with Gasteiger partial charge in [0.15, 0.2) is 11.5 Å². The summed E-state index contributed by atoms with van der Waals surface area (Å²) in [6, 6.07) is 2.82. The Bertz CT molecular complexity index is 1550. The van der Waals surface area contributed by atoms with Crippen molar-refractivity contribution in [2.75, 3.05) is 26.9 Å². The van der Waals surface area contributed by atoms with Crippen LogP contribution in [0.3, 0.4) is 0 Å². The van der Waals surface area contributed by atoms with E-state index in [2.05, 4.69) is 15.3 Å². The van der Waals surface area contributed by atoms with Gasteiger partial charge in [-0.25, -0.2) is 14.8 Å². The van der Waals surface area contributed by atoms with E-state index >= 15 is 8.78 Å². The second-order valence-electron chi connectivity index (χ2n) is 14.5. The summed E-state index contributed by atoms with van der Waals surface area (Å²) >= 11 is 0. The molecule has 11 nitrogen and oxygen atoms in total. The number of halogens is 2. The molecule has 8 atom stereocenters. The third-order valence-electron chi connectivity index (χ3n) is 10.3. The molecule has 0 spiro atoms. The highest BCUT2D eigenvalue weighted by Crippen LogP contribution is 2.56. The normalized spacial score (nSPS) is 32.6. The Morgan fingerprint density at radius 2 is 1.87 bits per heavy atom. The van der Waals surface area contributed by atoms with Crippen molar-refractivity contribution in [3.05, 3.63) is 23.9 Å². The van der Waals surface area contributed by atoms with Crippen LogP contribution in [0, 0.1) is 29.1 Å². The summed E-state index contributed by atoms with van der Waals surface area (Å²) in [5.74, 6) is -4.12. The van der Waals surface area contributed by atoms with E-state index in [0.717, 1.165) is 6.42 Å². The number of hydrogen-bond acceptors (Lipinski definition) is 9. The van der Waals surface area contributed by atoms with Crippen molar-refractivity contribution in [2.24, 2.45) is 29.1 Å². The number of amides is 2. The molecule has 2 amide bonds. The molecule has 1 N–H and O–H groups in total. The van der Waals surface area contributed by atoms with Gasteiger partial charge >= 0.3 is 6.09 Å². The molecule has 2 aliphatic carbocycles. The van der Waals surface area contributed by atoms with Crippen molar-refractivity contribution in [3.8, 4) is 11.6 Å². The van der Waals surface area contributed by atoms with Gasteiger partial charge in [0.25, 0.3) is 5.92 Å². The first kappa shape index (κ1) is 33.3.